The van der Waals surface area contributed by atoms with E-state index in [9.17, 15) is 19.2 Å². The molecule has 4 N–H and O–H groups in total. The summed E-state index contributed by atoms with van der Waals surface area (Å²) in [5.41, 5.74) is -1.55. The molecular formula is C9H8O8. The zero-order valence-electron chi connectivity index (χ0n) is 8.28. The van der Waals surface area contributed by atoms with Crippen LogP contribution in [0.15, 0.2) is 23.3 Å². The van der Waals surface area contributed by atoms with E-state index in [1.807, 2.05) is 0 Å². The zero-order chi connectivity index (χ0) is 13.6. The van der Waals surface area contributed by atoms with Gasteiger partial charge < -0.3 is 20.4 Å². The van der Waals surface area contributed by atoms with Crippen LogP contribution in [0.3, 0.4) is 0 Å². The number of hydrogen-bond acceptors (Lipinski definition) is 4. The van der Waals surface area contributed by atoms with E-state index in [0.717, 1.165) is 0 Å². The summed E-state index contributed by atoms with van der Waals surface area (Å²) in [6, 6.07) is 0. The van der Waals surface area contributed by atoms with Crippen LogP contribution in [0.2, 0.25) is 0 Å². The van der Waals surface area contributed by atoms with Gasteiger partial charge in [-0.1, -0.05) is 0 Å². The lowest BCUT2D eigenvalue weighted by Gasteiger charge is -1.99. The molecule has 92 valence electrons. The summed E-state index contributed by atoms with van der Waals surface area (Å²) in [6.45, 7) is 0. The Hall–Kier alpha value is -2.64. The summed E-state index contributed by atoms with van der Waals surface area (Å²) in [5.74, 6) is -6.36. The molecule has 0 unspecified atom stereocenters. The number of carboxylic acid groups (broad SMARTS) is 4. The number of carboxylic acids is 4. The molecule has 0 saturated carbocycles. The van der Waals surface area contributed by atoms with Crippen molar-refractivity contribution in [3.8, 4) is 0 Å². The third kappa shape index (κ3) is 5.72. The van der Waals surface area contributed by atoms with Crippen LogP contribution in [0.5, 0.6) is 0 Å². The highest BCUT2D eigenvalue weighted by molar-refractivity contribution is 6.00. The maximum absolute atomic E-state index is 10.6. The Balaban J connectivity index is 5.38. The molecule has 0 radical (unpaired) electrons. The first kappa shape index (κ1) is 14.4. The molecule has 0 atom stereocenters. The lowest BCUT2D eigenvalue weighted by atomic mass is 10.1. The van der Waals surface area contributed by atoms with Crippen molar-refractivity contribution < 1.29 is 39.6 Å². The van der Waals surface area contributed by atoms with Crippen molar-refractivity contribution >= 4 is 23.9 Å². The van der Waals surface area contributed by atoms with E-state index in [0.29, 0.717) is 6.08 Å². The van der Waals surface area contributed by atoms with Crippen LogP contribution in [0.4, 0.5) is 0 Å². The smallest absolute Gasteiger partial charge is 0.335 e. The van der Waals surface area contributed by atoms with Gasteiger partial charge in [0.05, 0.1) is 12.0 Å². The summed E-state index contributed by atoms with van der Waals surface area (Å²) in [5, 5.41) is 33.9. The van der Waals surface area contributed by atoms with Crippen LogP contribution < -0.4 is 0 Å². The summed E-state index contributed by atoms with van der Waals surface area (Å²) in [7, 11) is 0. The topological polar surface area (TPSA) is 149 Å². The fraction of sp³-hybridized carbons (Fsp3) is 0.111. The van der Waals surface area contributed by atoms with Crippen molar-refractivity contribution in [3.05, 3.63) is 23.3 Å². The van der Waals surface area contributed by atoms with Gasteiger partial charge in [-0.2, -0.15) is 0 Å². The predicted octanol–water partition coefficient (Wildman–Crippen LogP) is -0.432. The van der Waals surface area contributed by atoms with Crippen LogP contribution in [0, 0.1) is 0 Å². The van der Waals surface area contributed by atoms with Crippen molar-refractivity contribution in [2.75, 3.05) is 0 Å². The normalized spacial score (nSPS) is 12.0. The van der Waals surface area contributed by atoms with E-state index in [-0.39, 0.29) is 6.08 Å². The Kier molecular flexibility index (Phi) is 5.11. The molecule has 0 aromatic rings. The Labute approximate surface area is 94.1 Å². The van der Waals surface area contributed by atoms with E-state index in [1.165, 1.54) is 0 Å². The molecule has 0 amide bonds. The van der Waals surface area contributed by atoms with E-state index in [2.05, 4.69) is 0 Å². The molecular weight excluding hydrogens is 236 g/mol. The first-order chi connectivity index (χ1) is 7.73. The first-order valence-corrected chi connectivity index (χ1v) is 4.07. The Morgan fingerprint density at radius 3 is 1.65 bits per heavy atom. The largest absolute Gasteiger partial charge is 0.481 e. The second-order valence-corrected chi connectivity index (χ2v) is 2.79. The second kappa shape index (κ2) is 6.05. The molecule has 0 spiro atoms. The maximum Gasteiger partial charge on any atom is 0.335 e. The number of aliphatic carboxylic acids is 4. The third-order valence-corrected chi connectivity index (χ3v) is 1.47. The Morgan fingerprint density at radius 2 is 1.35 bits per heavy atom. The van der Waals surface area contributed by atoms with Gasteiger partial charge in [0.2, 0.25) is 0 Å². The van der Waals surface area contributed by atoms with Gasteiger partial charge in [-0.3, -0.25) is 4.79 Å². The van der Waals surface area contributed by atoms with E-state index in [4.69, 9.17) is 20.4 Å². The molecule has 0 aromatic heterocycles. The van der Waals surface area contributed by atoms with Gasteiger partial charge in [0.15, 0.2) is 0 Å². The van der Waals surface area contributed by atoms with Crippen molar-refractivity contribution in [1.82, 2.24) is 0 Å². The molecule has 0 heterocycles. The van der Waals surface area contributed by atoms with Gasteiger partial charge in [-0.15, -0.1) is 0 Å². The average molecular weight is 244 g/mol. The van der Waals surface area contributed by atoms with Crippen molar-refractivity contribution in [1.29, 1.82) is 0 Å². The SMILES string of the molecule is O=C(O)C=C(C=C(CC(=O)O)C(=O)O)C(=O)O. The number of carbonyl (C=O) groups is 4. The highest BCUT2D eigenvalue weighted by Gasteiger charge is 2.15. The maximum atomic E-state index is 10.6. The number of rotatable bonds is 6. The predicted molar refractivity (Wildman–Crippen MR) is 51.3 cm³/mol. The summed E-state index contributed by atoms with van der Waals surface area (Å²) in [4.78, 5) is 41.7. The minimum Gasteiger partial charge on any atom is -0.481 e. The molecule has 0 bridgehead atoms. The quantitative estimate of drug-likeness (QED) is 0.363. The summed E-state index contributed by atoms with van der Waals surface area (Å²) < 4.78 is 0. The molecule has 0 aliphatic rings. The van der Waals surface area contributed by atoms with Crippen molar-refractivity contribution in [2.24, 2.45) is 0 Å². The zero-order valence-corrected chi connectivity index (χ0v) is 8.28. The molecule has 8 nitrogen and oxygen atoms in total. The Morgan fingerprint density at radius 1 is 0.824 bits per heavy atom. The van der Waals surface area contributed by atoms with E-state index >= 15 is 0 Å². The molecule has 0 aromatic carbocycles. The van der Waals surface area contributed by atoms with Gasteiger partial charge in [0, 0.05) is 11.6 Å². The average Bonchev–Trinajstić information content (AvgIpc) is 2.13. The molecule has 0 aliphatic heterocycles. The van der Waals surface area contributed by atoms with E-state index in [1.54, 1.807) is 0 Å². The van der Waals surface area contributed by atoms with Gasteiger partial charge in [0.1, 0.15) is 0 Å². The molecule has 0 fully saturated rings. The number of hydrogen-bond donors (Lipinski definition) is 4. The van der Waals surface area contributed by atoms with E-state index < -0.39 is 41.4 Å². The van der Waals surface area contributed by atoms with Crippen molar-refractivity contribution in [3.63, 3.8) is 0 Å². The van der Waals surface area contributed by atoms with Gasteiger partial charge in [-0.05, 0) is 6.08 Å². The minimum absolute atomic E-state index is 0.271. The van der Waals surface area contributed by atoms with Gasteiger partial charge in [0.25, 0.3) is 0 Å². The lowest BCUT2D eigenvalue weighted by Crippen LogP contribution is -2.10. The van der Waals surface area contributed by atoms with Crippen LogP contribution >= 0.6 is 0 Å². The second-order valence-electron chi connectivity index (χ2n) is 2.79. The van der Waals surface area contributed by atoms with Crippen LogP contribution in [-0.2, 0) is 19.2 Å². The highest BCUT2D eigenvalue weighted by atomic mass is 16.4. The monoisotopic (exact) mass is 244 g/mol. The summed E-state index contributed by atoms with van der Waals surface area (Å²) >= 11 is 0. The summed E-state index contributed by atoms with van der Waals surface area (Å²) in [6.07, 6.45) is -0.153. The first-order valence-electron chi connectivity index (χ1n) is 4.07. The Bertz CT molecular complexity index is 428. The molecule has 0 aliphatic carbocycles. The molecule has 17 heavy (non-hydrogen) atoms. The fourth-order valence-electron chi connectivity index (χ4n) is 0.837. The molecule has 0 saturated heterocycles. The lowest BCUT2D eigenvalue weighted by molar-refractivity contribution is -0.139. The van der Waals surface area contributed by atoms with Gasteiger partial charge in [-0.25, -0.2) is 14.4 Å². The molecule has 0 rings (SSSR count). The standard InChI is InChI=1S/C9H8O8/c10-6(11)2-4(8(14)15)1-5(9(16)17)3-7(12)13/h1-2H,3H2,(H,10,11)(H,12,13)(H,14,15)(H,16,17). The highest BCUT2D eigenvalue weighted by Crippen LogP contribution is 2.08. The van der Waals surface area contributed by atoms with Crippen molar-refractivity contribution in [2.45, 2.75) is 6.42 Å². The third-order valence-electron chi connectivity index (χ3n) is 1.47. The van der Waals surface area contributed by atoms with Crippen LogP contribution in [0.25, 0.3) is 0 Å². The van der Waals surface area contributed by atoms with Crippen LogP contribution in [0.1, 0.15) is 6.42 Å². The van der Waals surface area contributed by atoms with Crippen LogP contribution in [-0.4, -0.2) is 44.3 Å². The fourth-order valence-corrected chi connectivity index (χ4v) is 0.837. The molecule has 8 heteroatoms. The van der Waals surface area contributed by atoms with Gasteiger partial charge >= 0.3 is 23.9 Å². The minimum atomic E-state index is -1.67.